The predicted octanol–water partition coefficient (Wildman–Crippen LogP) is 2.31. The zero-order chi connectivity index (χ0) is 17.0. The van der Waals surface area contributed by atoms with Crippen molar-refractivity contribution in [3.63, 3.8) is 0 Å². The molecule has 122 valence electrons. The Morgan fingerprint density at radius 3 is 2.76 bits per heavy atom. The second kappa shape index (κ2) is 5.09. The summed E-state index contributed by atoms with van der Waals surface area (Å²) in [5.74, 6) is 6.15. The number of piperidine rings is 1. The Balaban J connectivity index is 1.49. The van der Waals surface area contributed by atoms with Crippen LogP contribution in [0.2, 0.25) is 0 Å². The van der Waals surface area contributed by atoms with E-state index in [9.17, 15) is 4.79 Å². The molecule has 3 heterocycles. The van der Waals surface area contributed by atoms with Crippen molar-refractivity contribution in [3.8, 4) is 17.9 Å². The zero-order valence-electron chi connectivity index (χ0n) is 13.7. The first-order chi connectivity index (χ1) is 12.2. The van der Waals surface area contributed by atoms with Crippen molar-refractivity contribution in [2.45, 2.75) is 36.9 Å². The molecule has 0 amide bonds. The summed E-state index contributed by atoms with van der Waals surface area (Å²) in [5.41, 5.74) is 2.88. The molecule has 2 fully saturated rings. The number of carbonyl (C=O) groups excluding carboxylic acids is 1. The minimum absolute atomic E-state index is 0.140. The van der Waals surface area contributed by atoms with E-state index in [1.807, 2.05) is 12.1 Å². The highest BCUT2D eigenvalue weighted by Gasteiger charge is 2.69. The average molecular weight is 328 g/mol. The van der Waals surface area contributed by atoms with Gasteiger partial charge in [0.15, 0.2) is 5.60 Å². The van der Waals surface area contributed by atoms with Gasteiger partial charge in [-0.25, -0.2) is 4.79 Å². The molecule has 0 N–H and O–H groups in total. The molecule has 1 spiro atoms. The molecule has 4 aliphatic rings. The van der Waals surface area contributed by atoms with Crippen molar-refractivity contribution in [3.05, 3.63) is 58.7 Å². The quantitative estimate of drug-likeness (QED) is 0.542. The van der Waals surface area contributed by atoms with Crippen molar-refractivity contribution in [1.29, 1.82) is 5.26 Å². The van der Waals surface area contributed by atoms with E-state index < -0.39 is 5.60 Å². The molecule has 1 aliphatic carbocycles. The second-order valence-electron chi connectivity index (χ2n) is 6.99. The highest BCUT2D eigenvalue weighted by Crippen LogP contribution is 2.57. The maximum atomic E-state index is 12.0. The monoisotopic (exact) mass is 328 g/mol. The number of ether oxygens (including phenoxy) is 1. The zero-order valence-corrected chi connectivity index (χ0v) is 13.7. The SMILES string of the molecule is N#Cc1ccc(C#CC2=C[C@H]3N4CCCC[C@@H]4C34OC(=O)C=C24)cc1. The van der Waals surface area contributed by atoms with Crippen LogP contribution in [0.3, 0.4) is 0 Å². The van der Waals surface area contributed by atoms with Crippen LogP contribution in [0.5, 0.6) is 0 Å². The van der Waals surface area contributed by atoms with Crippen LogP contribution in [0.4, 0.5) is 0 Å². The molecule has 1 aromatic rings. The minimum atomic E-state index is -0.480. The number of carbonyl (C=O) groups is 1. The maximum absolute atomic E-state index is 12.0. The highest BCUT2D eigenvalue weighted by atomic mass is 16.6. The van der Waals surface area contributed by atoms with Gasteiger partial charge in [0.1, 0.15) is 0 Å². The van der Waals surface area contributed by atoms with Crippen LogP contribution in [0.15, 0.2) is 47.6 Å². The third-order valence-corrected chi connectivity index (χ3v) is 5.76. The molecular weight excluding hydrogens is 312 g/mol. The number of hydrogen-bond donors (Lipinski definition) is 0. The smallest absolute Gasteiger partial charge is 0.332 e. The summed E-state index contributed by atoms with van der Waals surface area (Å²) in [4.78, 5) is 14.4. The number of hydrogen-bond acceptors (Lipinski definition) is 4. The van der Waals surface area contributed by atoms with Crippen molar-refractivity contribution in [1.82, 2.24) is 4.90 Å². The summed E-state index contributed by atoms with van der Waals surface area (Å²) in [6, 6.07) is 9.77. The largest absolute Gasteiger partial charge is 0.447 e. The molecule has 4 nitrogen and oxygen atoms in total. The molecule has 0 aromatic heterocycles. The van der Waals surface area contributed by atoms with E-state index in [0.29, 0.717) is 11.6 Å². The van der Waals surface area contributed by atoms with Gasteiger partial charge < -0.3 is 4.74 Å². The molecule has 5 rings (SSSR count). The van der Waals surface area contributed by atoms with Crippen LogP contribution in [0.1, 0.15) is 30.4 Å². The Morgan fingerprint density at radius 2 is 1.96 bits per heavy atom. The summed E-state index contributed by atoms with van der Waals surface area (Å²) >= 11 is 0. The fourth-order valence-corrected chi connectivity index (χ4v) is 4.69. The highest BCUT2D eigenvalue weighted by molar-refractivity contribution is 5.91. The average Bonchev–Trinajstić information content (AvgIpc) is 3.12. The number of nitriles is 1. The summed E-state index contributed by atoms with van der Waals surface area (Å²) in [6.45, 7) is 1.06. The van der Waals surface area contributed by atoms with Crippen LogP contribution >= 0.6 is 0 Å². The van der Waals surface area contributed by atoms with Crippen molar-refractivity contribution in [2.24, 2.45) is 0 Å². The second-order valence-corrected chi connectivity index (χ2v) is 6.99. The predicted molar refractivity (Wildman–Crippen MR) is 91.2 cm³/mol. The Morgan fingerprint density at radius 1 is 1.16 bits per heavy atom. The van der Waals surface area contributed by atoms with Gasteiger partial charge in [-0.15, -0.1) is 0 Å². The van der Waals surface area contributed by atoms with Crippen LogP contribution in [-0.2, 0) is 9.53 Å². The first-order valence-electron chi connectivity index (χ1n) is 8.67. The maximum Gasteiger partial charge on any atom is 0.332 e. The van der Waals surface area contributed by atoms with Crippen LogP contribution in [0, 0.1) is 23.2 Å². The topological polar surface area (TPSA) is 53.3 Å². The van der Waals surface area contributed by atoms with Gasteiger partial charge in [0.25, 0.3) is 0 Å². The Hall–Kier alpha value is -2.82. The first-order valence-corrected chi connectivity index (χ1v) is 8.67. The fraction of sp³-hybridized carbons (Fsp3) is 0.333. The van der Waals surface area contributed by atoms with Gasteiger partial charge in [0, 0.05) is 22.8 Å². The van der Waals surface area contributed by atoms with E-state index in [-0.39, 0.29) is 12.0 Å². The van der Waals surface area contributed by atoms with Gasteiger partial charge in [0.05, 0.1) is 23.7 Å². The minimum Gasteiger partial charge on any atom is -0.447 e. The lowest BCUT2D eigenvalue weighted by atomic mass is 9.70. The van der Waals surface area contributed by atoms with Crippen LogP contribution in [-0.4, -0.2) is 35.1 Å². The molecule has 0 bridgehead atoms. The molecule has 1 aromatic carbocycles. The lowest BCUT2D eigenvalue weighted by molar-refractivity contribution is -0.194. The summed E-state index contributed by atoms with van der Waals surface area (Å²) < 4.78 is 5.82. The summed E-state index contributed by atoms with van der Waals surface area (Å²) in [5, 5.41) is 8.87. The molecule has 25 heavy (non-hydrogen) atoms. The number of benzene rings is 1. The third kappa shape index (κ3) is 1.89. The molecule has 0 saturated carbocycles. The standard InChI is InChI=1S/C21H16N2O2/c22-13-15-6-4-14(5-7-15)8-9-16-11-19-21(17(16)12-20(24)25-21)18-3-1-2-10-23(18)19/h4-7,11-12,18-19H,1-3,10H2/t18-,19-,21?/m1/s1. The molecule has 2 saturated heterocycles. The van der Waals surface area contributed by atoms with E-state index in [2.05, 4.69) is 28.9 Å². The molecule has 1 unspecified atom stereocenters. The summed E-state index contributed by atoms with van der Waals surface area (Å²) in [6.07, 6.45) is 7.26. The van der Waals surface area contributed by atoms with Gasteiger partial charge in [-0.2, -0.15) is 5.26 Å². The number of fused-ring (bicyclic) bond motifs is 2. The van der Waals surface area contributed by atoms with Crippen molar-refractivity contribution >= 4 is 5.97 Å². The first kappa shape index (κ1) is 14.5. The lowest BCUT2D eigenvalue weighted by Gasteiger charge is -2.60. The van der Waals surface area contributed by atoms with Crippen LogP contribution < -0.4 is 0 Å². The van der Waals surface area contributed by atoms with E-state index in [1.54, 1.807) is 18.2 Å². The Labute approximate surface area is 146 Å². The van der Waals surface area contributed by atoms with Crippen molar-refractivity contribution < 1.29 is 9.53 Å². The van der Waals surface area contributed by atoms with Crippen molar-refractivity contribution in [2.75, 3.05) is 6.54 Å². The lowest BCUT2D eigenvalue weighted by Crippen LogP contribution is -2.76. The number of rotatable bonds is 0. The van der Waals surface area contributed by atoms with Gasteiger partial charge >= 0.3 is 5.97 Å². The molecule has 0 radical (unpaired) electrons. The summed E-state index contributed by atoms with van der Waals surface area (Å²) in [7, 11) is 0. The van der Waals surface area contributed by atoms with E-state index in [1.165, 1.54) is 12.8 Å². The number of nitrogens with zero attached hydrogens (tertiary/aromatic N) is 2. The Bertz CT molecular complexity index is 939. The third-order valence-electron chi connectivity index (χ3n) is 5.76. The van der Waals surface area contributed by atoms with Gasteiger partial charge in [-0.3, -0.25) is 4.90 Å². The Kier molecular flexibility index (Phi) is 2.95. The van der Waals surface area contributed by atoms with E-state index in [4.69, 9.17) is 10.00 Å². The van der Waals surface area contributed by atoms with Gasteiger partial charge in [-0.1, -0.05) is 18.3 Å². The molecule has 3 atom stereocenters. The van der Waals surface area contributed by atoms with Gasteiger partial charge in [-0.05, 0) is 49.7 Å². The number of esters is 1. The normalized spacial score (nSPS) is 31.9. The molecule has 4 heteroatoms. The molecular formula is C21H16N2O2. The van der Waals surface area contributed by atoms with Gasteiger partial charge in [0.2, 0.25) is 0 Å². The van der Waals surface area contributed by atoms with Crippen LogP contribution in [0.25, 0.3) is 0 Å². The van der Waals surface area contributed by atoms with E-state index in [0.717, 1.165) is 29.7 Å². The van der Waals surface area contributed by atoms with E-state index >= 15 is 0 Å². The molecule has 3 aliphatic heterocycles. The fourth-order valence-electron chi connectivity index (χ4n) is 4.69.